The van der Waals surface area contributed by atoms with Gasteiger partial charge in [-0.25, -0.2) is 0 Å². The number of nitrogens with zero attached hydrogens (tertiary/aromatic N) is 1. The van der Waals surface area contributed by atoms with Crippen molar-refractivity contribution in [2.75, 3.05) is 6.54 Å². The molecule has 0 radical (unpaired) electrons. The zero-order valence-electron chi connectivity index (χ0n) is 7.12. The van der Waals surface area contributed by atoms with Crippen molar-refractivity contribution in [3.05, 3.63) is 0 Å². The Kier molecular flexibility index (Phi) is 2.81. The molecule has 1 fully saturated rings. The van der Waals surface area contributed by atoms with Crippen LogP contribution in [0, 0.1) is 0 Å². The fourth-order valence-electron chi connectivity index (χ4n) is 1.22. The second-order valence-electron chi connectivity index (χ2n) is 2.96. The van der Waals surface area contributed by atoms with Gasteiger partial charge in [-0.2, -0.15) is 0 Å². The molecule has 1 saturated heterocycles. The number of hydrogen-bond donors (Lipinski definition) is 1. The minimum Gasteiger partial charge on any atom is -0.383 e. The summed E-state index contributed by atoms with van der Waals surface area (Å²) in [5.41, 5.74) is 0. The molecule has 4 nitrogen and oxygen atoms in total. The summed E-state index contributed by atoms with van der Waals surface area (Å²) in [5, 5.41) is 9.03. The van der Waals surface area contributed by atoms with Gasteiger partial charge in [0, 0.05) is 6.54 Å². The highest BCUT2D eigenvalue weighted by molar-refractivity contribution is 6.04. The summed E-state index contributed by atoms with van der Waals surface area (Å²) < 4.78 is 0. The van der Waals surface area contributed by atoms with Gasteiger partial charge in [0.2, 0.25) is 5.91 Å². The Bertz CT molecular complexity index is 202. The zero-order chi connectivity index (χ0) is 9.14. The molecular weight excluding hydrogens is 158 g/mol. The van der Waals surface area contributed by atoms with Gasteiger partial charge in [0.05, 0.1) is 6.42 Å². The molecule has 1 aliphatic rings. The van der Waals surface area contributed by atoms with Crippen LogP contribution >= 0.6 is 0 Å². The number of amides is 2. The lowest BCUT2D eigenvalue weighted by Crippen LogP contribution is -2.32. The molecule has 0 aromatic carbocycles. The molecule has 1 heterocycles. The van der Waals surface area contributed by atoms with Crippen LogP contribution in [0.25, 0.3) is 0 Å². The highest BCUT2D eigenvalue weighted by atomic mass is 16.3. The predicted octanol–water partition coefficient (Wildman–Crippen LogP) is -0.0937. The maximum absolute atomic E-state index is 11.1. The number of carbonyl (C=O) groups is 2. The minimum absolute atomic E-state index is 0.0391. The van der Waals surface area contributed by atoms with Crippen molar-refractivity contribution in [1.82, 2.24) is 4.90 Å². The van der Waals surface area contributed by atoms with Crippen molar-refractivity contribution in [2.24, 2.45) is 0 Å². The van der Waals surface area contributed by atoms with E-state index in [-0.39, 0.29) is 12.3 Å². The standard InChI is InChI=1S/C8H13NO3/c1-2-3-4-9-7(11)5-6(10)8(9)12/h6,10H,2-5H2,1H3. The highest BCUT2D eigenvalue weighted by Crippen LogP contribution is 2.13. The van der Waals surface area contributed by atoms with Crippen LogP contribution in [-0.4, -0.2) is 34.5 Å². The van der Waals surface area contributed by atoms with Crippen molar-refractivity contribution in [1.29, 1.82) is 0 Å². The summed E-state index contributed by atoms with van der Waals surface area (Å²) in [6.45, 7) is 2.44. The second kappa shape index (κ2) is 3.67. The molecular formula is C8H13NO3. The molecule has 0 bridgehead atoms. The van der Waals surface area contributed by atoms with Gasteiger partial charge in [0.15, 0.2) is 0 Å². The summed E-state index contributed by atoms with van der Waals surface area (Å²) in [6.07, 6.45) is 0.620. The van der Waals surface area contributed by atoms with E-state index >= 15 is 0 Å². The zero-order valence-corrected chi connectivity index (χ0v) is 7.12. The van der Waals surface area contributed by atoms with E-state index < -0.39 is 12.0 Å². The summed E-state index contributed by atoms with van der Waals surface area (Å²) in [4.78, 5) is 23.3. The van der Waals surface area contributed by atoms with Gasteiger partial charge >= 0.3 is 0 Å². The van der Waals surface area contributed by atoms with Crippen LogP contribution in [0.3, 0.4) is 0 Å². The third kappa shape index (κ3) is 1.64. The van der Waals surface area contributed by atoms with E-state index in [0.29, 0.717) is 6.54 Å². The van der Waals surface area contributed by atoms with Crippen molar-refractivity contribution in [3.63, 3.8) is 0 Å². The summed E-state index contributed by atoms with van der Waals surface area (Å²) in [5.74, 6) is -0.686. The fraction of sp³-hybridized carbons (Fsp3) is 0.750. The monoisotopic (exact) mass is 171 g/mol. The minimum atomic E-state index is -1.09. The Morgan fingerprint density at radius 1 is 1.58 bits per heavy atom. The lowest BCUT2D eigenvalue weighted by molar-refractivity contribution is -0.140. The Balaban J connectivity index is 2.52. The van der Waals surface area contributed by atoms with Crippen LogP contribution < -0.4 is 0 Å². The topological polar surface area (TPSA) is 57.6 Å². The van der Waals surface area contributed by atoms with E-state index in [1.54, 1.807) is 0 Å². The average molecular weight is 171 g/mol. The highest BCUT2D eigenvalue weighted by Gasteiger charge is 2.36. The Morgan fingerprint density at radius 3 is 2.67 bits per heavy atom. The maximum atomic E-state index is 11.1. The first-order chi connectivity index (χ1) is 5.66. The van der Waals surface area contributed by atoms with Gasteiger partial charge in [0.1, 0.15) is 6.10 Å². The van der Waals surface area contributed by atoms with Crippen molar-refractivity contribution in [2.45, 2.75) is 32.3 Å². The first-order valence-corrected chi connectivity index (χ1v) is 4.19. The normalized spacial score (nSPS) is 23.8. The Morgan fingerprint density at radius 2 is 2.25 bits per heavy atom. The first-order valence-electron chi connectivity index (χ1n) is 4.19. The molecule has 1 N–H and O–H groups in total. The van der Waals surface area contributed by atoms with Crippen LogP contribution in [0.2, 0.25) is 0 Å². The molecule has 1 rings (SSSR count). The number of rotatable bonds is 3. The fourth-order valence-corrected chi connectivity index (χ4v) is 1.22. The van der Waals surface area contributed by atoms with Gasteiger partial charge in [-0.3, -0.25) is 14.5 Å². The van der Waals surface area contributed by atoms with E-state index in [2.05, 4.69) is 0 Å². The number of hydrogen-bond acceptors (Lipinski definition) is 3. The predicted molar refractivity (Wildman–Crippen MR) is 42.3 cm³/mol. The van der Waals surface area contributed by atoms with Crippen LogP contribution in [0.1, 0.15) is 26.2 Å². The van der Waals surface area contributed by atoms with E-state index in [1.165, 1.54) is 0 Å². The largest absolute Gasteiger partial charge is 0.383 e. The molecule has 1 aliphatic heterocycles. The molecule has 1 atom stereocenters. The molecule has 0 aromatic rings. The molecule has 0 aliphatic carbocycles. The third-order valence-electron chi connectivity index (χ3n) is 1.96. The Hall–Kier alpha value is -0.900. The number of aliphatic hydroxyl groups excluding tert-OH is 1. The van der Waals surface area contributed by atoms with Crippen LogP contribution in [-0.2, 0) is 9.59 Å². The van der Waals surface area contributed by atoms with Crippen molar-refractivity contribution in [3.8, 4) is 0 Å². The van der Waals surface area contributed by atoms with E-state index in [4.69, 9.17) is 5.11 Å². The molecule has 0 aromatic heterocycles. The number of carbonyl (C=O) groups excluding carboxylic acids is 2. The smallest absolute Gasteiger partial charge is 0.258 e. The molecule has 0 spiro atoms. The number of unbranched alkanes of at least 4 members (excludes halogenated alkanes) is 1. The first kappa shape index (κ1) is 9.19. The molecule has 0 saturated carbocycles. The van der Waals surface area contributed by atoms with E-state index in [9.17, 15) is 9.59 Å². The van der Waals surface area contributed by atoms with Crippen LogP contribution in [0.5, 0.6) is 0 Å². The molecule has 12 heavy (non-hydrogen) atoms. The second-order valence-corrected chi connectivity index (χ2v) is 2.96. The van der Waals surface area contributed by atoms with Crippen LogP contribution in [0.4, 0.5) is 0 Å². The average Bonchev–Trinajstić information content (AvgIpc) is 2.25. The quantitative estimate of drug-likeness (QED) is 0.603. The number of likely N-dealkylation sites (tertiary alicyclic amines) is 1. The summed E-state index contributed by atoms with van der Waals surface area (Å²) in [6, 6.07) is 0. The van der Waals surface area contributed by atoms with Gasteiger partial charge in [-0.1, -0.05) is 13.3 Å². The SMILES string of the molecule is CCCCN1C(=O)CC(O)C1=O. The molecule has 1 unspecified atom stereocenters. The van der Waals surface area contributed by atoms with E-state index in [0.717, 1.165) is 17.7 Å². The summed E-state index contributed by atoms with van der Waals surface area (Å²) >= 11 is 0. The lowest BCUT2D eigenvalue weighted by atomic mass is 10.3. The maximum Gasteiger partial charge on any atom is 0.258 e. The van der Waals surface area contributed by atoms with Gasteiger partial charge in [-0.05, 0) is 6.42 Å². The molecule has 4 heteroatoms. The van der Waals surface area contributed by atoms with Gasteiger partial charge in [-0.15, -0.1) is 0 Å². The van der Waals surface area contributed by atoms with Gasteiger partial charge < -0.3 is 5.11 Å². The lowest BCUT2D eigenvalue weighted by Gasteiger charge is -2.12. The van der Waals surface area contributed by atoms with Gasteiger partial charge in [0.25, 0.3) is 5.91 Å². The van der Waals surface area contributed by atoms with Crippen molar-refractivity contribution < 1.29 is 14.7 Å². The van der Waals surface area contributed by atoms with E-state index in [1.807, 2.05) is 6.92 Å². The van der Waals surface area contributed by atoms with Crippen molar-refractivity contribution >= 4 is 11.8 Å². The molecule has 2 amide bonds. The summed E-state index contributed by atoms with van der Waals surface area (Å²) in [7, 11) is 0. The number of aliphatic hydroxyl groups is 1. The van der Waals surface area contributed by atoms with Crippen LogP contribution in [0.15, 0.2) is 0 Å². The Labute approximate surface area is 71.2 Å². The number of imide groups is 1. The molecule has 68 valence electrons. The third-order valence-corrected chi connectivity index (χ3v) is 1.96.